The fourth-order valence-electron chi connectivity index (χ4n) is 3.83. The van der Waals surface area contributed by atoms with Crippen molar-refractivity contribution >= 4 is 11.7 Å². The number of anilines is 1. The number of fused-ring (bicyclic) bond motifs is 3. The van der Waals surface area contributed by atoms with E-state index in [4.69, 9.17) is 9.47 Å². The molecular formula is C23H32N4O4. The third kappa shape index (κ3) is 5.57. The number of hydrogen-bond acceptors (Lipinski definition) is 6. The van der Waals surface area contributed by atoms with E-state index in [1.807, 2.05) is 18.2 Å². The molecule has 3 rings (SSSR count). The number of aryl methyl sites for hydroxylation is 1. The maximum absolute atomic E-state index is 12.6. The molecule has 0 saturated heterocycles. The molecule has 0 bridgehead atoms. The second-order valence-corrected chi connectivity index (χ2v) is 7.66. The standard InChI is InChI=1S/C23H32N4O4/c1-4-5-6-7-8-22(28)25-11-10-24-21-15-18-17-14-20(31-3)19(30-2)13-16(17)9-12-27(18)23(29)26-21/h13-15H,4-12H2,1-3H3,(H,25,28)(H,24,26,29). The van der Waals surface area contributed by atoms with E-state index in [2.05, 4.69) is 22.5 Å². The quantitative estimate of drug-likeness (QED) is 0.535. The van der Waals surface area contributed by atoms with Crippen molar-refractivity contribution in [3.05, 3.63) is 34.2 Å². The number of ether oxygens (including phenoxy) is 2. The maximum atomic E-state index is 12.6. The highest BCUT2D eigenvalue weighted by molar-refractivity contribution is 5.76. The second kappa shape index (κ2) is 10.8. The summed E-state index contributed by atoms with van der Waals surface area (Å²) in [5.41, 5.74) is 2.54. The van der Waals surface area contributed by atoms with Gasteiger partial charge < -0.3 is 20.1 Å². The van der Waals surface area contributed by atoms with Gasteiger partial charge in [-0.2, -0.15) is 4.98 Å². The Morgan fingerprint density at radius 3 is 2.61 bits per heavy atom. The van der Waals surface area contributed by atoms with Crippen LogP contribution in [0.25, 0.3) is 11.3 Å². The molecule has 1 amide bonds. The summed E-state index contributed by atoms with van der Waals surface area (Å²) in [6.45, 7) is 3.69. The van der Waals surface area contributed by atoms with E-state index in [9.17, 15) is 9.59 Å². The maximum Gasteiger partial charge on any atom is 0.349 e. The Balaban J connectivity index is 1.66. The van der Waals surface area contributed by atoms with Crippen molar-refractivity contribution in [2.75, 3.05) is 32.6 Å². The van der Waals surface area contributed by atoms with Gasteiger partial charge in [-0.3, -0.25) is 9.36 Å². The van der Waals surface area contributed by atoms with Gasteiger partial charge in [0.25, 0.3) is 0 Å². The topological polar surface area (TPSA) is 94.5 Å². The van der Waals surface area contributed by atoms with Crippen LogP contribution in [0.3, 0.4) is 0 Å². The molecule has 2 aromatic rings. The van der Waals surface area contributed by atoms with E-state index in [0.717, 1.165) is 48.9 Å². The van der Waals surface area contributed by atoms with Crippen molar-refractivity contribution in [2.45, 2.75) is 52.0 Å². The van der Waals surface area contributed by atoms with Crippen molar-refractivity contribution in [3.63, 3.8) is 0 Å². The van der Waals surface area contributed by atoms with Gasteiger partial charge in [0.1, 0.15) is 5.82 Å². The van der Waals surface area contributed by atoms with Gasteiger partial charge in [0, 0.05) is 37.7 Å². The van der Waals surface area contributed by atoms with Crippen LogP contribution < -0.4 is 25.8 Å². The summed E-state index contributed by atoms with van der Waals surface area (Å²) in [6.07, 6.45) is 5.61. The van der Waals surface area contributed by atoms with Gasteiger partial charge >= 0.3 is 5.69 Å². The molecule has 1 aliphatic rings. The number of benzene rings is 1. The largest absolute Gasteiger partial charge is 0.493 e. The van der Waals surface area contributed by atoms with Crippen molar-refractivity contribution in [2.24, 2.45) is 0 Å². The van der Waals surface area contributed by atoms with Crippen molar-refractivity contribution in [1.29, 1.82) is 0 Å². The number of amides is 1. The summed E-state index contributed by atoms with van der Waals surface area (Å²) in [5.74, 6) is 1.85. The number of nitrogens with zero attached hydrogens (tertiary/aromatic N) is 2. The van der Waals surface area contributed by atoms with Gasteiger partial charge in [-0.1, -0.05) is 26.2 Å². The Labute approximate surface area is 183 Å². The lowest BCUT2D eigenvalue weighted by atomic mass is 9.97. The number of hydrogen-bond donors (Lipinski definition) is 2. The minimum atomic E-state index is -0.291. The average Bonchev–Trinajstić information content (AvgIpc) is 2.78. The summed E-state index contributed by atoms with van der Waals surface area (Å²) in [6, 6.07) is 5.74. The first-order valence-corrected chi connectivity index (χ1v) is 10.9. The molecule has 0 aliphatic carbocycles. The Kier molecular flexibility index (Phi) is 7.92. The second-order valence-electron chi connectivity index (χ2n) is 7.66. The highest BCUT2D eigenvalue weighted by atomic mass is 16.5. The Hall–Kier alpha value is -3.03. The van der Waals surface area contributed by atoms with Crippen LogP contribution in [0.1, 0.15) is 44.6 Å². The van der Waals surface area contributed by atoms with Crippen LogP contribution in [0, 0.1) is 0 Å². The number of carbonyl (C=O) groups excluding carboxylic acids is 1. The van der Waals surface area contributed by atoms with Crippen LogP contribution in [0.4, 0.5) is 5.82 Å². The van der Waals surface area contributed by atoms with Gasteiger partial charge in [-0.25, -0.2) is 4.79 Å². The normalized spacial score (nSPS) is 12.0. The van der Waals surface area contributed by atoms with Gasteiger partial charge in [0.15, 0.2) is 11.5 Å². The summed E-state index contributed by atoms with van der Waals surface area (Å²) in [7, 11) is 3.21. The molecule has 8 nitrogen and oxygen atoms in total. The van der Waals surface area contributed by atoms with E-state index >= 15 is 0 Å². The highest BCUT2D eigenvalue weighted by Gasteiger charge is 2.21. The third-order valence-electron chi connectivity index (χ3n) is 5.51. The first kappa shape index (κ1) is 22.7. The molecule has 0 atom stereocenters. The molecule has 168 valence electrons. The number of aromatic nitrogens is 2. The molecule has 1 aliphatic heterocycles. The smallest absolute Gasteiger partial charge is 0.349 e. The van der Waals surface area contributed by atoms with Crippen LogP contribution in [0.15, 0.2) is 23.0 Å². The van der Waals surface area contributed by atoms with Gasteiger partial charge in [-0.15, -0.1) is 0 Å². The molecule has 8 heteroatoms. The SMILES string of the molecule is CCCCCCC(=O)NCCNc1cc2n(c(=O)n1)CCc1cc(OC)c(OC)cc1-2. The minimum absolute atomic E-state index is 0.0614. The van der Waals surface area contributed by atoms with Gasteiger partial charge in [0.05, 0.1) is 19.9 Å². The lowest BCUT2D eigenvalue weighted by Gasteiger charge is -2.23. The van der Waals surface area contributed by atoms with Crippen molar-refractivity contribution in [1.82, 2.24) is 14.9 Å². The molecule has 0 radical (unpaired) electrons. The summed E-state index contributed by atoms with van der Waals surface area (Å²) in [5, 5.41) is 6.06. The van der Waals surface area contributed by atoms with Crippen LogP contribution >= 0.6 is 0 Å². The van der Waals surface area contributed by atoms with Crippen LogP contribution in [-0.4, -0.2) is 42.8 Å². The van der Waals surface area contributed by atoms with Gasteiger partial charge in [-0.05, 0) is 30.5 Å². The summed E-state index contributed by atoms with van der Waals surface area (Å²) in [4.78, 5) is 28.6. The monoisotopic (exact) mass is 428 g/mol. The Morgan fingerprint density at radius 1 is 1.10 bits per heavy atom. The Morgan fingerprint density at radius 2 is 1.87 bits per heavy atom. The van der Waals surface area contributed by atoms with Gasteiger partial charge in [0.2, 0.25) is 5.91 Å². The van der Waals surface area contributed by atoms with Crippen LogP contribution in [0.5, 0.6) is 11.5 Å². The molecule has 1 aromatic heterocycles. The summed E-state index contributed by atoms with van der Waals surface area (Å²) < 4.78 is 12.5. The molecule has 0 spiro atoms. The lowest BCUT2D eigenvalue weighted by molar-refractivity contribution is -0.121. The molecular weight excluding hydrogens is 396 g/mol. The third-order valence-corrected chi connectivity index (χ3v) is 5.51. The van der Waals surface area contributed by atoms with E-state index in [1.165, 1.54) is 0 Å². The van der Waals surface area contributed by atoms with Crippen molar-refractivity contribution < 1.29 is 14.3 Å². The fourth-order valence-corrected chi connectivity index (χ4v) is 3.83. The number of unbranched alkanes of at least 4 members (excludes halogenated alkanes) is 3. The first-order chi connectivity index (χ1) is 15.1. The molecule has 31 heavy (non-hydrogen) atoms. The number of rotatable bonds is 11. The lowest BCUT2D eigenvalue weighted by Crippen LogP contribution is -2.31. The predicted octanol–water partition coefficient (Wildman–Crippen LogP) is 2.98. The number of carbonyl (C=O) groups is 1. The van der Waals surface area contributed by atoms with E-state index < -0.39 is 0 Å². The Bertz CT molecular complexity index is 971. The number of nitrogens with one attached hydrogen (secondary N) is 2. The molecule has 2 N–H and O–H groups in total. The highest BCUT2D eigenvalue weighted by Crippen LogP contribution is 2.38. The number of methoxy groups -OCH3 is 2. The van der Waals surface area contributed by atoms with Crippen molar-refractivity contribution in [3.8, 4) is 22.8 Å². The minimum Gasteiger partial charge on any atom is -0.493 e. The molecule has 0 unspecified atom stereocenters. The van der Waals surface area contributed by atoms with E-state index in [-0.39, 0.29) is 11.6 Å². The van der Waals surface area contributed by atoms with Crippen LogP contribution in [0.2, 0.25) is 0 Å². The molecule has 2 heterocycles. The molecule has 1 aromatic carbocycles. The van der Waals surface area contributed by atoms with E-state index in [1.54, 1.807) is 18.8 Å². The molecule has 0 saturated carbocycles. The fraction of sp³-hybridized carbons (Fsp3) is 0.522. The van der Waals surface area contributed by atoms with E-state index in [0.29, 0.717) is 43.4 Å². The molecule has 0 fully saturated rings. The average molecular weight is 429 g/mol. The predicted molar refractivity (Wildman–Crippen MR) is 121 cm³/mol. The van der Waals surface area contributed by atoms with Crippen LogP contribution in [-0.2, 0) is 17.8 Å². The first-order valence-electron chi connectivity index (χ1n) is 10.9. The zero-order chi connectivity index (χ0) is 22.2. The summed E-state index contributed by atoms with van der Waals surface area (Å²) >= 11 is 0. The zero-order valence-corrected chi connectivity index (χ0v) is 18.6. The zero-order valence-electron chi connectivity index (χ0n) is 18.6.